The number of ether oxygens (including phenoxy) is 1. The zero-order chi connectivity index (χ0) is 16.2. The maximum absolute atomic E-state index is 11.8. The second-order valence-electron chi connectivity index (χ2n) is 4.86. The number of nitrogens with one attached hydrogen (secondary N) is 1. The number of anilines is 1. The molecule has 0 saturated carbocycles. The molecule has 3 rings (SSSR count). The van der Waals surface area contributed by atoms with Crippen molar-refractivity contribution in [2.24, 2.45) is 7.05 Å². The maximum atomic E-state index is 11.8. The van der Waals surface area contributed by atoms with Crippen molar-refractivity contribution in [3.8, 4) is 17.3 Å². The van der Waals surface area contributed by atoms with Crippen molar-refractivity contribution >= 4 is 11.9 Å². The number of carbonyl (C=O) groups excluding carboxylic acids is 1. The number of nitrogens with zero attached hydrogens (tertiary/aromatic N) is 4. The summed E-state index contributed by atoms with van der Waals surface area (Å²) in [6.07, 6.45) is 0. The number of hydrogen-bond acceptors (Lipinski definition) is 6. The third-order valence-electron chi connectivity index (χ3n) is 3.12. The van der Waals surface area contributed by atoms with Gasteiger partial charge < -0.3 is 9.15 Å². The van der Waals surface area contributed by atoms with Crippen LogP contribution in [-0.2, 0) is 11.8 Å². The van der Waals surface area contributed by atoms with Crippen LogP contribution in [-0.4, -0.2) is 32.5 Å². The molecule has 1 aromatic carbocycles. The van der Waals surface area contributed by atoms with Gasteiger partial charge in [0, 0.05) is 12.7 Å². The van der Waals surface area contributed by atoms with Crippen molar-refractivity contribution in [2.45, 2.75) is 6.92 Å². The molecule has 0 spiro atoms. The number of benzene rings is 1. The van der Waals surface area contributed by atoms with Gasteiger partial charge in [0.25, 0.3) is 11.8 Å². The predicted molar refractivity (Wildman–Crippen MR) is 81.8 cm³/mol. The van der Waals surface area contributed by atoms with E-state index >= 15 is 0 Å². The molecule has 23 heavy (non-hydrogen) atoms. The molecule has 0 aliphatic carbocycles. The highest BCUT2D eigenvalue weighted by Crippen LogP contribution is 2.19. The number of carbonyl (C=O) groups is 1. The standard InChI is InChI=1S/C15H15N5O3/c1-10-8-12(19-20(10)2)14-17-18-15(23-14)16-13(21)9-22-11-6-4-3-5-7-11/h3-8H,9H2,1-2H3,(H,16,18,21). The number of rotatable bonds is 5. The normalized spacial score (nSPS) is 10.5. The minimum Gasteiger partial charge on any atom is -0.484 e. The van der Waals surface area contributed by atoms with Crippen LogP contribution in [0.4, 0.5) is 6.01 Å². The highest BCUT2D eigenvalue weighted by molar-refractivity contribution is 5.89. The van der Waals surface area contributed by atoms with Gasteiger partial charge in [0.1, 0.15) is 11.4 Å². The van der Waals surface area contributed by atoms with Crippen molar-refractivity contribution in [1.82, 2.24) is 20.0 Å². The molecule has 0 aliphatic heterocycles. The van der Waals surface area contributed by atoms with E-state index < -0.39 is 0 Å². The van der Waals surface area contributed by atoms with E-state index in [1.807, 2.05) is 38.2 Å². The van der Waals surface area contributed by atoms with Crippen LogP contribution in [0.3, 0.4) is 0 Å². The summed E-state index contributed by atoms with van der Waals surface area (Å²) in [5, 5.41) is 14.4. The fourth-order valence-corrected chi connectivity index (χ4v) is 1.86. The Bertz CT molecular complexity index is 790. The minimum absolute atomic E-state index is 0.00460. The van der Waals surface area contributed by atoms with Gasteiger partial charge in [-0.25, -0.2) is 0 Å². The van der Waals surface area contributed by atoms with Crippen molar-refractivity contribution < 1.29 is 13.9 Å². The van der Waals surface area contributed by atoms with Crippen molar-refractivity contribution in [2.75, 3.05) is 11.9 Å². The Morgan fingerprint density at radius 2 is 2.09 bits per heavy atom. The Hall–Kier alpha value is -3.16. The topological polar surface area (TPSA) is 95.1 Å². The lowest BCUT2D eigenvalue weighted by Gasteiger charge is -2.04. The SMILES string of the molecule is Cc1cc(-c2nnc(NC(=O)COc3ccccc3)o2)nn1C. The second-order valence-corrected chi connectivity index (χ2v) is 4.86. The van der Waals surface area contributed by atoms with Crippen LogP contribution < -0.4 is 10.1 Å². The van der Waals surface area contributed by atoms with E-state index in [0.717, 1.165) is 5.69 Å². The van der Waals surface area contributed by atoms with E-state index in [2.05, 4.69) is 20.6 Å². The summed E-state index contributed by atoms with van der Waals surface area (Å²) in [5.41, 5.74) is 1.51. The smallest absolute Gasteiger partial charge is 0.322 e. The number of amides is 1. The van der Waals surface area contributed by atoms with Crippen LogP contribution >= 0.6 is 0 Å². The van der Waals surface area contributed by atoms with Crippen LogP contribution in [0.2, 0.25) is 0 Å². The Morgan fingerprint density at radius 3 is 2.78 bits per heavy atom. The van der Waals surface area contributed by atoms with Crippen LogP contribution in [0.1, 0.15) is 5.69 Å². The molecule has 0 aliphatic rings. The van der Waals surface area contributed by atoms with E-state index in [1.54, 1.807) is 16.8 Å². The van der Waals surface area contributed by atoms with Gasteiger partial charge in [-0.05, 0) is 25.1 Å². The second kappa shape index (κ2) is 6.30. The number of aromatic nitrogens is 4. The average molecular weight is 313 g/mol. The van der Waals surface area contributed by atoms with E-state index in [4.69, 9.17) is 9.15 Å². The first-order valence-electron chi connectivity index (χ1n) is 6.94. The van der Waals surface area contributed by atoms with E-state index in [9.17, 15) is 4.79 Å². The van der Waals surface area contributed by atoms with Crippen molar-refractivity contribution in [3.05, 3.63) is 42.1 Å². The molecule has 0 saturated heterocycles. The summed E-state index contributed by atoms with van der Waals surface area (Å²) in [6, 6.07) is 10.9. The molecule has 118 valence electrons. The van der Waals surface area contributed by atoms with Gasteiger partial charge in [0.05, 0.1) is 0 Å². The molecule has 1 N–H and O–H groups in total. The molecular weight excluding hydrogens is 298 g/mol. The van der Waals surface area contributed by atoms with E-state index in [0.29, 0.717) is 11.4 Å². The molecule has 0 fully saturated rings. The number of para-hydroxylation sites is 1. The molecule has 3 aromatic rings. The Balaban J connectivity index is 1.59. The molecule has 2 heterocycles. The predicted octanol–water partition coefficient (Wildman–Crippen LogP) is 1.80. The largest absolute Gasteiger partial charge is 0.484 e. The van der Waals surface area contributed by atoms with Crippen LogP contribution in [0.25, 0.3) is 11.6 Å². The van der Waals surface area contributed by atoms with Crippen LogP contribution in [0, 0.1) is 6.92 Å². The molecule has 2 aromatic heterocycles. The van der Waals surface area contributed by atoms with E-state index in [-0.39, 0.29) is 24.4 Å². The van der Waals surface area contributed by atoms with Crippen molar-refractivity contribution in [3.63, 3.8) is 0 Å². The van der Waals surface area contributed by atoms with Gasteiger partial charge in [-0.1, -0.05) is 23.3 Å². The fourth-order valence-electron chi connectivity index (χ4n) is 1.86. The summed E-state index contributed by atoms with van der Waals surface area (Å²) in [5.74, 6) is 0.465. The molecule has 0 radical (unpaired) electrons. The van der Waals surface area contributed by atoms with Gasteiger partial charge >= 0.3 is 6.01 Å². The zero-order valence-electron chi connectivity index (χ0n) is 12.7. The van der Waals surface area contributed by atoms with Gasteiger partial charge in [0.15, 0.2) is 6.61 Å². The van der Waals surface area contributed by atoms with Crippen molar-refractivity contribution in [1.29, 1.82) is 0 Å². The maximum Gasteiger partial charge on any atom is 0.322 e. The monoisotopic (exact) mass is 313 g/mol. The summed E-state index contributed by atoms with van der Waals surface area (Å²) in [6.45, 7) is 1.76. The summed E-state index contributed by atoms with van der Waals surface area (Å²) >= 11 is 0. The van der Waals surface area contributed by atoms with Gasteiger partial charge in [-0.2, -0.15) is 5.10 Å². The molecule has 0 unspecified atom stereocenters. The fraction of sp³-hybridized carbons (Fsp3) is 0.200. The summed E-state index contributed by atoms with van der Waals surface area (Å²) in [4.78, 5) is 11.8. The Morgan fingerprint density at radius 1 is 1.30 bits per heavy atom. The van der Waals surface area contributed by atoms with E-state index in [1.165, 1.54) is 0 Å². The van der Waals surface area contributed by atoms with Crippen LogP contribution in [0.15, 0.2) is 40.8 Å². The Kier molecular flexibility index (Phi) is 4.05. The van der Waals surface area contributed by atoms with Crippen LogP contribution in [0.5, 0.6) is 5.75 Å². The lowest BCUT2D eigenvalue weighted by atomic mass is 10.3. The summed E-state index contributed by atoms with van der Waals surface area (Å²) in [7, 11) is 1.82. The molecule has 0 bridgehead atoms. The molecule has 0 atom stereocenters. The molecule has 8 heteroatoms. The number of aryl methyl sites for hydroxylation is 2. The molecule has 1 amide bonds. The van der Waals surface area contributed by atoms with Gasteiger partial charge in [0.2, 0.25) is 0 Å². The first-order chi connectivity index (χ1) is 11.1. The van der Waals surface area contributed by atoms with Gasteiger partial charge in [-0.3, -0.25) is 14.8 Å². The molecule has 8 nitrogen and oxygen atoms in total. The Labute approximate surface area is 132 Å². The summed E-state index contributed by atoms with van der Waals surface area (Å²) < 4.78 is 12.4. The lowest BCUT2D eigenvalue weighted by molar-refractivity contribution is -0.118. The quantitative estimate of drug-likeness (QED) is 0.771. The first-order valence-corrected chi connectivity index (χ1v) is 6.94. The lowest BCUT2D eigenvalue weighted by Crippen LogP contribution is -2.20. The first kappa shape index (κ1) is 14.8. The molecular formula is C15H15N5O3. The highest BCUT2D eigenvalue weighted by Gasteiger charge is 2.14. The third-order valence-corrected chi connectivity index (χ3v) is 3.12. The third kappa shape index (κ3) is 3.54. The van der Waals surface area contributed by atoms with Gasteiger partial charge in [-0.15, -0.1) is 5.10 Å². The zero-order valence-corrected chi connectivity index (χ0v) is 12.7. The minimum atomic E-state index is -0.388. The average Bonchev–Trinajstić information content (AvgIpc) is 3.14. The highest BCUT2D eigenvalue weighted by atomic mass is 16.5. The number of hydrogen-bond donors (Lipinski definition) is 1.